The second-order valence-corrected chi connectivity index (χ2v) is 6.32. The second kappa shape index (κ2) is 9.01. The molecule has 0 saturated carbocycles. The van der Waals surface area contributed by atoms with E-state index in [-0.39, 0.29) is 17.9 Å². The zero-order valence-corrected chi connectivity index (χ0v) is 15.0. The van der Waals surface area contributed by atoms with E-state index < -0.39 is 0 Å². The summed E-state index contributed by atoms with van der Waals surface area (Å²) in [7, 11) is 0. The van der Waals surface area contributed by atoms with Gasteiger partial charge in [-0.1, -0.05) is 23.7 Å². The van der Waals surface area contributed by atoms with Gasteiger partial charge in [0.25, 0.3) is 0 Å². The number of nitrogens with one attached hydrogen (secondary N) is 2. The molecule has 1 heterocycles. The van der Waals surface area contributed by atoms with Crippen molar-refractivity contribution in [1.29, 1.82) is 0 Å². The van der Waals surface area contributed by atoms with Gasteiger partial charge in [0.05, 0.1) is 23.3 Å². The van der Waals surface area contributed by atoms with E-state index in [1.54, 1.807) is 12.1 Å². The van der Waals surface area contributed by atoms with Gasteiger partial charge in [0, 0.05) is 32.7 Å². The molecule has 0 bridgehead atoms. The Labute approximate surface area is 148 Å². The predicted molar refractivity (Wildman–Crippen MR) is 96.2 cm³/mol. The van der Waals surface area contributed by atoms with E-state index in [9.17, 15) is 9.59 Å². The minimum absolute atomic E-state index is 0.0578. The highest BCUT2D eigenvalue weighted by Crippen LogP contribution is 2.20. The molecule has 24 heavy (non-hydrogen) atoms. The average molecular weight is 353 g/mol. The van der Waals surface area contributed by atoms with Gasteiger partial charge >= 0.3 is 0 Å². The Hall–Kier alpha value is -1.63. The molecular weight excluding hydrogens is 328 g/mol. The first-order chi connectivity index (χ1) is 11.5. The lowest BCUT2D eigenvalue weighted by atomic mass is 10.2. The summed E-state index contributed by atoms with van der Waals surface area (Å²) >= 11 is 6.05. The molecule has 1 aromatic carbocycles. The molecule has 0 aromatic heterocycles. The van der Waals surface area contributed by atoms with Gasteiger partial charge in [-0.3, -0.25) is 19.4 Å². The third-order valence-corrected chi connectivity index (χ3v) is 4.53. The fourth-order valence-electron chi connectivity index (χ4n) is 2.75. The Kier molecular flexibility index (Phi) is 7.02. The second-order valence-electron chi connectivity index (χ2n) is 5.91. The van der Waals surface area contributed by atoms with Crippen molar-refractivity contribution in [3.63, 3.8) is 0 Å². The van der Waals surface area contributed by atoms with Gasteiger partial charge in [-0.2, -0.15) is 0 Å². The third kappa shape index (κ3) is 5.19. The number of benzene rings is 1. The zero-order chi connectivity index (χ0) is 17.5. The molecule has 7 heteroatoms. The first-order valence-electron chi connectivity index (χ1n) is 8.29. The fraction of sp³-hybridized carbons (Fsp3) is 0.529. The van der Waals surface area contributed by atoms with Crippen LogP contribution >= 0.6 is 11.6 Å². The maximum Gasteiger partial charge on any atom is 0.238 e. The molecule has 1 aliphatic heterocycles. The lowest BCUT2D eigenvalue weighted by Crippen LogP contribution is -2.54. The van der Waals surface area contributed by atoms with Crippen molar-refractivity contribution in [2.45, 2.75) is 19.9 Å². The van der Waals surface area contributed by atoms with E-state index in [2.05, 4.69) is 20.4 Å². The molecular formula is C17H25ClN4O2. The number of amides is 2. The molecule has 0 aliphatic carbocycles. The van der Waals surface area contributed by atoms with Crippen molar-refractivity contribution in [2.75, 3.05) is 44.6 Å². The van der Waals surface area contributed by atoms with Crippen LogP contribution in [0.3, 0.4) is 0 Å². The number of carbonyl (C=O) groups is 2. The Morgan fingerprint density at radius 2 is 1.88 bits per heavy atom. The lowest BCUT2D eigenvalue weighted by molar-refractivity contribution is -0.127. The van der Waals surface area contributed by atoms with Gasteiger partial charge < -0.3 is 10.6 Å². The molecule has 1 aromatic rings. The minimum Gasteiger partial charge on any atom is -0.355 e. The van der Waals surface area contributed by atoms with Gasteiger partial charge in [0.15, 0.2) is 0 Å². The molecule has 2 N–H and O–H groups in total. The number of para-hydroxylation sites is 1. The van der Waals surface area contributed by atoms with Crippen LogP contribution in [-0.2, 0) is 9.59 Å². The maximum atomic E-state index is 12.2. The van der Waals surface area contributed by atoms with E-state index in [0.29, 0.717) is 23.8 Å². The normalized spacial score (nSPS) is 17.3. The average Bonchev–Trinajstić information content (AvgIpc) is 2.57. The number of nitrogens with zero attached hydrogens (tertiary/aromatic N) is 2. The van der Waals surface area contributed by atoms with Crippen LogP contribution in [0.15, 0.2) is 24.3 Å². The van der Waals surface area contributed by atoms with E-state index in [1.165, 1.54) is 0 Å². The smallest absolute Gasteiger partial charge is 0.238 e. The number of halogens is 1. The van der Waals surface area contributed by atoms with E-state index in [1.807, 2.05) is 26.0 Å². The van der Waals surface area contributed by atoms with Gasteiger partial charge in [0.2, 0.25) is 11.8 Å². The van der Waals surface area contributed by atoms with Crippen LogP contribution in [0.2, 0.25) is 5.02 Å². The van der Waals surface area contributed by atoms with Gasteiger partial charge in [-0.15, -0.1) is 0 Å². The first-order valence-corrected chi connectivity index (χ1v) is 8.67. The first kappa shape index (κ1) is 18.7. The Morgan fingerprint density at radius 1 is 1.21 bits per heavy atom. The lowest BCUT2D eigenvalue weighted by Gasteiger charge is -2.37. The molecule has 1 fully saturated rings. The minimum atomic E-state index is -0.135. The number of carbonyl (C=O) groups excluding carboxylic acids is 2. The largest absolute Gasteiger partial charge is 0.355 e. The molecule has 0 spiro atoms. The SMILES string of the molecule is CCNC(=O)[C@H](C)N1CCN(CC(=O)Nc2ccccc2Cl)CC1. The standard InChI is InChI=1S/C17H25ClN4O2/c1-3-19-17(24)13(2)22-10-8-21(9-11-22)12-16(23)20-15-7-5-4-6-14(15)18/h4-7,13H,3,8-12H2,1-2H3,(H,19,24)(H,20,23)/t13-/m0/s1. The number of hydrogen-bond acceptors (Lipinski definition) is 4. The van der Waals surface area contributed by atoms with Crippen molar-refractivity contribution in [1.82, 2.24) is 15.1 Å². The third-order valence-electron chi connectivity index (χ3n) is 4.20. The highest BCUT2D eigenvalue weighted by molar-refractivity contribution is 6.33. The van der Waals surface area contributed by atoms with Crippen molar-refractivity contribution in [2.24, 2.45) is 0 Å². The number of likely N-dealkylation sites (N-methyl/N-ethyl adjacent to an activating group) is 1. The van der Waals surface area contributed by atoms with Gasteiger partial charge in [0.1, 0.15) is 0 Å². The Bertz CT molecular complexity index is 573. The van der Waals surface area contributed by atoms with Crippen LogP contribution in [0.4, 0.5) is 5.69 Å². The molecule has 2 amide bonds. The van der Waals surface area contributed by atoms with Crippen molar-refractivity contribution in [3.05, 3.63) is 29.3 Å². The number of rotatable bonds is 6. The highest BCUT2D eigenvalue weighted by Gasteiger charge is 2.25. The van der Waals surface area contributed by atoms with Crippen LogP contribution in [0.5, 0.6) is 0 Å². The molecule has 1 saturated heterocycles. The highest BCUT2D eigenvalue weighted by atomic mass is 35.5. The van der Waals surface area contributed by atoms with Gasteiger partial charge in [-0.05, 0) is 26.0 Å². The number of piperazine rings is 1. The van der Waals surface area contributed by atoms with Crippen LogP contribution in [0.25, 0.3) is 0 Å². The van der Waals surface area contributed by atoms with Crippen LogP contribution in [-0.4, -0.2) is 66.9 Å². The molecule has 1 atom stereocenters. The van der Waals surface area contributed by atoms with Crippen molar-refractivity contribution in [3.8, 4) is 0 Å². The zero-order valence-electron chi connectivity index (χ0n) is 14.2. The summed E-state index contributed by atoms with van der Waals surface area (Å²) in [6.07, 6.45) is 0. The van der Waals surface area contributed by atoms with Crippen molar-refractivity contribution >= 4 is 29.1 Å². The summed E-state index contributed by atoms with van der Waals surface area (Å²) in [5, 5.41) is 6.22. The monoisotopic (exact) mass is 352 g/mol. The number of anilines is 1. The van der Waals surface area contributed by atoms with Crippen LogP contribution in [0.1, 0.15) is 13.8 Å². The molecule has 1 aliphatic rings. The van der Waals surface area contributed by atoms with E-state index in [4.69, 9.17) is 11.6 Å². The summed E-state index contributed by atoms with van der Waals surface area (Å²) in [6.45, 7) is 7.89. The quantitative estimate of drug-likeness (QED) is 0.812. The molecule has 6 nitrogen and oxygen atoms in total. The topological polar surface area (TPSA) is 64.7 Å². The summed E-state index contributed by atoms with van der Waals surface area (Å²) in [4.78, 5) is 28.3. The van der Waals surface area contributed by atoms with Crippen LogP contribution in [0, 0.1) is 0 Å². The number of hydrogen-bond donors (Lipinski definition) is 2. The van der Waals surface area contributed by atoms with Gasteiger partial charge in [-0.25, -0.2) is 0 Å². The predicted octanol–water partition coefficient (Wildman–Crippen LogP) is 1.42. The Morgan fingerprint density at radius 3 is 2.50 bits per heavy atom. The Balaban J connectivity index is 1.77. The summed E-state index contributed by atoms with van der Waals surface area (Å²) in [5.74, 6) is -0.0178. The van der Waals surface area contributed by atoms with E-state index >= 15 is 0 Å². The molecule has 132 valence electrons. The summed E-state index contributed by atoms with van der Waals surface area (Å²) < 4.78 is 0. The molecule has 0 unspecified atom stereocenters. The summed E-state index contributed by atoms with van der Waals surface area (Å²) in [6, 6.07) is 7.06. The van der Waals surface area contributed by atoms with Crippen LogP contribution < -0.4 is 10.6 Å². The van der Waals surface area contributed by atoms with E-state index in [0.717, 1.165) is 26.2 Å². The summed E-state index contributed by atoms with van der Waals surface area (Å²) in [5.41, 5.74) is 0.632. The molecule has 0 radical (unpaired) electrons. The van der Waals surface area contributed by atoms with Crippen molar-refractivity contribution < 1.29 is 9.59 Å². The fourth-order valence-corrected chi connectivity index (χ4v) is 2.93. The molecule has 2 rings (SSSR count). The maximum absolute atomic E-state index is 12.2.